The maximum Gasteiger partial charge on any atom is 0.252 e. The third-order valence-corrected chi connectivity index (χ3v) is 3.57. The molecule has 20 heavy (non-hydrogen) atoms. The molecule has 2 aromatic rings. The lowest BCUT2D eigenvalue weighted by molar-refractivity contribution is 0.0940. The van der Waals surface area contributed by atoms with E-state index < -0.39 is 0 Å². The molecule has 0 aromatic carbocycles. The van der Waals surface area contributed by atoms with E-state index in [4.69, 9.17) is 5.73 Å². The van der Waals surface area contributed by atoms with Gasteiger partial charge < -0.3 is 11.1 Å². The molecule has 0 fully saturated rings. The number of nitrogens with two attached hydrogens (primary N) is 1. The van der Waals surface area contributed by atoms with Gasteiger partial charge in [0.05, 0.1) is 23.0 Å². The molecular weight excluding hydrogens is 270 g/mol. The van der Waals surface area contributed by atoms with Gasteiger partial charge in [0.2, 0.25) is 0 Å². The molecule has 1 atom stereocenters. The smallest absolute Gasteiger partial charge is 0.252 e. The first-order valence-electron chi connectivity index (χ1n) is 6.19. The lowest BCUT2D eigenvalue weighted by Crippen LogP contribution is -2.26. The lowest BCUT2D eigenvalue weighted by Gasteiger charge is -2.13. The van der Waals surface area contributed by atoms with Crippen LogP contribution in [0.15, 0.2) is 36.0 Å². The van der Waals surface area contributed by atoms with E-state index in [2.05, 4.69) is 22.1 Å². The highest BCUT2D eigenvalue weighted by Crippen LogP contribution is 2.16. The van der Waals surface area contributed by atoms with E-state index in [0.29, 0.717) is 12.1 Å². The van der Waals surface area contributed by atoms with Crippen molar-refractivity contribution in [2.24, 2.45) is 5.73 Å². The SMILES string of the molecule is CC(NC(=O)c1csc(C#CCN)c1)c1ccncc1. The molecule has 2 heterocycles. The standard InChI is InChI=1S/C15H15N3OS/c1-11(12-4-7-17-8-5-12)18-15(19)13-9-14(20-10-13)3-2-6-16/h4-5,7-11H,6,16H2,1H3,(H,18,19). The molecule has 0 radical (unpaired) electrons. The Hall–Kier alpha value is -2.16. The van der Waals surface area contributed by atoms with Crippen molar-refractivity contribution < 1.29 is 4.79 Å². The summed E-state index contributed by atoms with van der Waals surface area (Å²) in [6, 6.07) is 5.49. The topological polar surface area (TPSA) is 68.0 Å². The van der Waals surface area contributed by atoms with Crippen LogP contribution in [0.25, 0.3) is 0 Å². The van der Waals surface area contributed by atoms with Crippen LogP contribution in [0.5, 0.6) is 0 Å². The summed E-state index contributed by atoms with van der Waals surface area (Å²) < 4.78 is 0. The second-order valence-electron chi connectivity index (χ2n) is 4.18. The summed E-state index contributed by atoms with van der Waals surface area (Å²) in [5.41, 5.74) is 6.96. The van der Waals surface area contributed by atoms with Crippen LogP contribution in [0, 0.1) is 11.8 Å². The van der Waals surface area contributed by atoms with Gasteiger partial charge in [-0.1, -0.05) is 11.8 Å². The van der Waals surface area contributed by atoms with Crippen molar-refractivity contribution in [1.29, 1.82) is 0 Å². The Kier molecular flexibility index (Phi) is 4.88. The fourth-order valence-corrected chi connectivity index (χ4v) is 2.43. The highest BCUT2D eigenvalue weighted by molar-refractivity contribution is 7.10. The summed E-state index contributed by atoms with van der Waals surface area (Å²) in [4.78, 5) is 16.9. The number of hydrogen-bond acceptors (Lipinski definition) is 4. The Balaban J connectivity index is 2.03. The van der Waals surface area contributed by atoms with Crippen LogP contribution in [0.1, 0.15) is 33.8 Å². The van der Waals surface area contributed by atoms with E-state index >= 15 is 0 Å². The molecular formula is C15H15N3OS. The number of carbonyl (C=O) groups is 1. The number of pyridine rings is 1. The van der Waals surface area contributed by atoms with Crippen molar-refractivity contribution in [1.82, 2.24) is 10.3 Å². The second-order valence-corrected chi connectivity index (χ2v) is 5.09. The van der Waals surface area contributed by atoms with Crippen molar-refractivity contribution >= 4 is 17.2 Å². The van der Waals surface area contributed by atoms with E-state index in [1.807, 2.05) is 19.1 Å². The zero-order valence-electron chi connectivity index (χ0n) is 11.1. The quantitative estimate of drug-likeness (QED) is 0.847. The number of amides is 1. The number of carbonyl (C=O) groups excluding carboxylic acids is 1. The first-order valence-corrected chi connectivity index (χ1v) is 7.07. The van der Waals surface area contributed by atoms with Gasteiger partial charge in [-0.05, 0) is 30.7 Å². The average Bonchev–Trinajstić information content (AvgIpc) is 2.95. The predicted molar refractivity (Wildman–Crippen MR) is 80.4 cm³/mol. The van der Waals surface area contributed by atoms with Gasteiger partial charge in [-0.3, -0.25) is 9.78 Å². The minimum atomic E-state index is -0.105. The Morgan fingerprint density at radius 1 is 1.50 bits per heavy atom. The predicted octanol–water partition coefficient (Wildman–Crippen LogP) is 1.94. The van der Waals surface area contributed by atoms with Crippen LogP contribution < -0.4 is 11.1 Å². The number of aromatic nitrogens is 1. The summed E-state index contributed by atoms with van der Waals surface area (Å²) in [6.07, 6.45) is 3.42. The second kappa shape index (κ2) is 6.85. The minimum Gasteiger partial charge on any atom is -0.345 e. The molecule has 3 N–H and O–H groups in total. The Morgan fingerprint density at radius 2 is 2.25 bits per heavy atom. The van der Waals surface area contributed by atoms with Crippen molar-refractivity contribution in [2.45, 2.75) is 13.0 Å². The molecule has 0 saturated heterocycles. The maximum atomic E-state index is 12.1. The van der Waals surface area contributed by atoms with Crippen LogP contribution in [0.4, 0.5) is 0 Å². The van der Waals surface area contributed by atoms with Crippen molar-refractivity contribution in [3.05, 3.63) is 52.0 Å². The van der Waals surface area contributed by atoms with Gasteiger partial charge in [0.1, 0.15) is 0 Å². The van der Waals surface area contributed by atoms with E-state index in [0.717, 1.165) is 10.4 Å². The molecule has 4 nitrogen and oxygen atoms in total. The zero-order valence-corrected chi connectivity index (χ0v) is 11.9. The largest absolute Gasteiger partial charge is 0.345 e. The molecule has 1 amide bonds. The number of nitrogens with zero attached hydrogens (tertiary/aromatic N) is 1. The normalized spacial score (nSPS) is 11.3. The first kappa shape index (κ1) is 14.3. The number of thiophene rings is 1. The molecule has 0 aliphatic carbocycles. The summed E-state index contributed by atoms with van der Waals surface area (Å²) in [5.74, 6) is 5.59. The lowest BCUT2D eigenvalue weighted by atomic mass is 10.1. The molecule has 0 aliphatic heterocycles. The van der Waals surface area contributed by atoms with Crippen molar-refractivity contribution in [3.8, 4) is 11.8 Å². The van der Waals surface area contributed by atoms with Crippen molar-refractivity contribution in [2.75, 3.05) is 6.54 Å². The molecule has 0 aliphatic rings. The third-order valence-electron chi connectivity index (χ3n) is 2.73. The molecule has 2 rings (SSSR count). The Labute approximate surface area is 122 Å². The van der Waals surface area contributed by atoms with Gasteiger partial charge in [0, 0.05) is 17.8 Å². The summed E-state index contributed by atoms with van der Waals surface area (Å²) in [5, 5.41) is 4.75. The van der Waals surface area contributed by atoms with Crippen LogP contribution in [0.2, 0.25) is 0 Å². The monoisotopic (exact) mass is 285 g/mol. The van der Waals surface area contributed by atoms with E-state index in [1.165, 1.54) is 11.3 Å². The van der Waals surface area contributed by atoms with Gasteiger partial charge in [0.25, 0.3) is 5.91 Å². The number of hydrogen-bond donors (Lipinski definition) is 2. The van der Waals surface area contributed by atoms with Gasteiger partial charge in [-0.25, -0.2) is 0 Å². The Bertz CT molecular complexity index is 640. The first-order chi connectivity index (χ1) is 9.70. The number of nitrogens with one attached hydrogen (secondary N) is 1. The van der Waals surface area contributed by atoms with Gasteiger partial charge >= 0.3 is 0 Å². The van der Waals surface area contributed by atoms with Crippen LogP contribution in [-0.2, 0) is 0 Å². The number of rotatable bonds is 3. The molecule has 2 aromatic heterocycles. The van der Waals surface area contributed by atoms with Crippen molar-refractivity contribution in [3.63, 3.8) is 0 Å². The summed E-state index contributed by atoms with van der Waals surface area (Å²) in [7, 11) is 0. The molecule has 1 unspecified atom stereocenters. The highest BCUT2D eigenvalue weighted by Gasteiger charge is 2.12. The maximum absolute atomic E-state index is 12.1. The van der Waals surface area contributed by atoms with Gasteiger partial charge in [-0.15, -0.1) is 11.3 Å². The zero-order chi connectivity index (χ0) is 14.4. The van der Waals surface area contributed by atoms with Crippen LogP contribution >= 0.6 is 11.3 Å². The summed E-state index contributed by atoms with van der Waals surface area (Å²) >= 11 is 1.44. The van der Waals surface area contributed by atoms with Crippen LogP contribution in [0.3, 0.4) is 0 Å². The fourth-order valence-electron chi connectivity index (χ4n) is 1.67. The molecule has 5 heteroatoms. The minimum absolute atomic E-state index is 0.0658. The summed E-state index contributed by atoms with van der Waals surface area (Å²) in [6.45, 7) is 2.26. The fraction of sp³-hybridized carbons (Fsp3) is 0.200. The molecule has 0 bridgehead atoms. The molecule has 102 valence electrons. The van der Waals surface area contributed by atoms with Gasteiger partial charge in [-0.2, -0.15) is 0 Å². The van der Waals surface area contributed by atoms with E-state index in [9.17, 15) is 4.79 Å². The van der Waals surface area contributed by atoms with E-state index in [-0.39, 0.29) is 11.9 Å². The average molecular weight is 285 g/mol. The van der Waals surface area contributed by atoms with Crippen LogP contribution in [-0.4, -0.2) is 17.4 Å². The third kappa shape index (κ3) is 3.67. The molecule has 0 saturated carbocycles. The molecule has 0 spiro atoms. The highest BCUT2D eigenvalue weighted by atomic mass is 32.1. The Morgan fingerprint density at radius 3 is 2.95 bits per heavy atom. The van der Waals surface area contributed by atoms with E-state index in [1.54, 1.807) is 23.8 Å². The van der Waals surface area contributed by atoms with Gasteiger partial charge in [0.15, 0.2) is 0 Å².